The van der Waals surface area contributed by atoms with Crippen molar-refractivity contribution in [3.8, 4) is 0 Å². The molecule has 0 spiro atoms. The minimum atomic E-state index is -0.498. The van der Waals surface area contributed by atoms with Crippen molar-refractivity contribution in [2.75, 3.05) is 5.32 Å². The highest BCUT2D eigenvalue weighted by atomic mass is 35.5. The molecule has 0 aliphatic carbocycles. The van der Waals surface area contributed by atoms with Gasteiger partial charge in [-0.3, -0.25) is 0 Å². The van der Waals surface area contributed by atoms with Crippen LogP contribution in [-0.4, -0.2) is 4.98 Å². The van der Waals surface area contributed by atoms with Gasteiger partial charge in [-0.15, -0.1) is 0 Å². The Hall–Kier alpha value is -1.03. The van der Waals surface area contributed by atoms with Crippen LogP contribution in [0.1, 0.15) is 18.5 Å². The van der Waals surface area contributed by atoms with Gasteiger partial charge in [0.2, 0.25) is 0 Å². The Morgan fingerprint density at radius 1 is 1.21 bits per heavy atom. The van der Waals surface area contributed by atoms with E-state index in [0.717, 1.165) is 5.69 Å². The van der Waals surface area contributed by atoms with Crippen LogP contribution in [0.2, 0.25) is 15.2 Å². The summed E-state index contributed by atoms with van der Waals surface area (Å²) in [6.45, 7) is 1.83. The van der Waals surface area contributed by atoms with E-state index in [1.807, 2.05) is 6.92 Å². The number of benzene rings is 1. The van der Waals surface area contributed by atoms with E-state index < -0.39 is 5.82 Å². The molecule has 1 N–H and O–H groups in total. The van der Waals surface area contributed by atoms with Gasteiger partial charge in [0.05, 0.1) is 11.1 Å². The molecule has 1 heterocycles. The van der Waals surface area contributed by atoms with E-state index in [4.69, 9.17) is 34.8 Å². The molecule has 0 aliphatic heterocycles. The van der Waals surface area contributed by atoms with Gasteiger partial charge in [0, 0.05) is 22.5 Å². The predicted octanol–water partition coefficient (Wildman–Crippen LogP) is 5.35. The van der Waals surface area contributed by atoms with E-state index in [9.17, 15) is 4.39 Å². The second-order valence-corrected chi connectivity index (χ2v) is 5.16. The highest BCUT2D eigenvalue weighted by Crippen LogP contribution is 2.34. The summed E-state index contributed by atoms with van der Waals surface area (Å²) in [5.74, 6) is -0.498. The molecule has 0 amide bonds. The molecule has 19 heavy (non-hydrogen) atoms. The molecule has 0 saturated heterocycles. The molecule has 2 rings (SSSR count). The van der Waals surface area contributed by atoms with E-state index in [1.54, 1.807) is 18.3 Å². The summed E-state index contributed by atoms with van der Waals surface area (Å²) in [6, 6.07) is 5.87. The third-order valence-corrected chi connectivity index (χ3v) is 3.54. The number of hydrogen-bond donors (Lipinski definition) is 1. The van der Waals surface area contributed by atoms with Crippen LogP contribution in [0.25, 0.3) is 0 Å². The Labute approximate surface area is 125 Å². The van der Waals surface area contributed by atoms with Crippen LogP contribution in [-0.2, 0) is 0 Å². The fourth-order valence-corrected chi connectivity index (χ4v) is 2.63. The molecule has 2 nitrogen and oxygen atoms in total. The number of nitrogens with zero attached hydrogens (tertiary/aromatic N) is 1. The fourth-order valence-electron chi connectivity index (χ4n) is 1.75. The van der Waals surface area contributed by atoms with Crippen molar-refractivity contribution in [2.45, 2.75) is 13.0 Å². The third-order valence-electron chi connectivity index (χ3n) is 2.62. The van der Waals surface area contributed by atoms with Crippen LogP contribution >= 0.6 is 34.8 Å². The molecular weight excluding hydrogens is 310 g/mol. The molecule has 1 atom stereocenters. The third kappa shape index (κ3) is 3.30. The second-order valence-electron chi connectivity index (χ2n) is 3.99. The van der Waals surface area contributed by atoms with Gasteiger partial charge in [-0.25, -0.2) is 9.37 Å². The van der Waals surface area contributed by atoms with Gasteiger partial charge >= 0.3 is 0 Å². The Balaban J connectivity index is 2.30. The maximum atomic E-state index is 13.5. The van der Waals surface area contributed by atoms with E-state index in [0.29, 0.717) is 15.7 Å². The zero-order chi connectivity index (χ0) is 14.0. The van der Waals surface area contributed by atoms with Crippen molar-refractivity contribution in [2.24, 2.45) is 0 Å². The highest BCUT2D eigenvalue weighted by Gasteiger charge is 2.17. The number of rotatable bonds is 3. The van der Waals surface area contributed by atoms with Crippen molar-refractivity contribution in [1.82, 2.24) is 4.98 Å². The monoisotopic (exact) mass is 318 g/mol. The molecule has 0 aliphatic rings. The number of anilines is 1. The van der Waals surface area contributed by atoms with Crippen LogP contribution in [0.3, 0.4) is 0 Å². The lowest BCUT2D eigenvalue weighted by atomic mass is 10.1. The Kier molecular flexibility index (Phi) is 4.50. The number of nitrogens with one attached hydrogen (secondary N) is 1. The summed E-state index contributed by atoms with van der Waals surface area (Å²) < 4.78 is 13.5. The first-order valence-electron chi connectivity index (χ1n) is 5.50. The lowest BCUT2D eigenvalue weighted by Gasteiger charge is -2.18. The summed E-state index contributed by atoms with van der Waals surface area (Å²) in [7, 11) is 0. The highest BCUT2D eigenvalue weighted by molar-refractivity contribution is 6.36. The van der Waals surface area contributed by atoms with Crippen molar-refractivity contribution in [3.63, 3.8) is 0 Å². The molecule has 0 radical (unpaired) electrons. The molecule has 0 bridgehead atoms. The zero-order valence-electron chi connectivity index (χ0n) is 9.92. The Morgan fingerprint density at radius 3 is 2.63 bits per heavy atom. The average molecular weight is 320 g/mol. The van der Waals surface area contributed by atoms with Crippen LogP contribution in [0.15, 0.2) is 30.5 Å². The zero-order valence-corrected chi connectivity index (χ0v) is 12.2. The van der Waals surface area contributed by atoms with Gasteiger partial charge in [0.15, 0.2) is 0 Å². The minimum Gasteiger partial charge on any atom is -0.378 e. The molecular formula is C13H10Cl3FN2. The van der Waals surface area contributed by atoms with E-state index in [-0.39, 0.29) is 11.1 Å². The topological polar surface area (TPSA) is 24.9 Å². The molecule has 0 saturated carbocycles. The molecule has 100 valence electrons. The van der Waals surface area contributed by atoms with Gasteiger partial charge in [-0.2, -0.15) is 0 Å². The summed E-state index contributed by atoms with van der Waals surface area (Å²) in [4.78, 5) is 3.88. The molecule has 2 aromatic rings. The number of halogens is 4. The van der Waals surface area contributed by atoms with Crippen molar-refractivity contribution in [3.05, 3.63) is 57.0 Å². The van der Waals surface area contributed by atoms with Gasteiger partial charge in [0.25, 0.3) is 0 Å². The SMILES string of the molecule is CC(Nc1ccnc(Cl)c1)c1c(Cl)ccc(F)c1Cl. The largest absolute Gasteiger partial charge is 0.378 e. The van der Waals surface area contributed by atoms with Crippen LogP contribution in [0.4, 0.5) is 10.1 Å². The lowest BCUT2D eigenvalue weighted by Crippen LogP contribution is -2.08. The maximum absolute atomic E-state index is 13.5. The van der Waals surface area contributed by atoms with Crippen molar-refractivity contribution in [1.29, 1.82) is 0 Å². The van der Waals surface area contributed by atoms with Gasteiger partial charge in [-0.1, -0.05) is 34.8 Å². The molecule has 0 fully saturated rings. The summed E-state index contributed by atoms with van der Waals surface area (Å²) >= 11 is 17.8. The normalized spacial score (nSPS) is 12.3. The van der Waals surface area contributed by atoms with Gasteiger partial charge in [-0.05, 0) is 31.2 Å². The van der Waals surface area contributed by atoms with Crippen LogP contribution < -0.4 is 5.32 Å². The average Bonchev–Trinajstić information content (AvgIpc) is 2.34. The van der Waals surface area contributed by atoms with Gasteiger partial charge in [0.1, 0.15) is 11.0 Å². The molecule has 1 unspecified atom stereocenters. The summed E-state index contributed by atoms with van der Waals surface area (Å²) in [5, 5.41) is 3.95. The predicted molar refractivity (Wildman–Crippen MR) is 77.7 cm³/mol. The lowest BCUT2D eigenvalue weighted by molar-refractivity contribution is 0.624. The van der Waals surface area contributed by atoms with Crippen molar-refractivity contribution < 1.29 is 4.39 Å². The summed E-state index contributed by atoms with van der Waals surface area (Å²) in [5.41, 5.74) is 1.26. The quantitative estimate of drug-likeness (QED) is 0.609. The van der Waals surface area contributed by atoms with Gasteiger partial charge < -0.3 is 5.32 Å². The molecule has 6 heteroatoms. The first-order chi connectivity index (χ1) is 8.99. The number of pyridine rings is 1. The van der Waals surface area contributed by atoms with E-state index in [2.05, 4.69) is 10.3 Å². The molecule has 1 aromatic carbocycles. The van der Waals surface area contributed by atoms with Crippen LogP contribution in [0.5, 0.6) is 0 Å². The smallest absolute Gasteiger partial charge is 0.142 e. The fraction of sp³-hybridized carbons (Fsp3) is 0.154. The molecule has 1 aromatic heterocycles. The van der Waals surface area contributed by atoms with Crippen molar-refractivity contribution >= 4 is 40.5 Å². The number of aromatic nitrogens is 1. The standard InChI is InChI=1S/C13H10Cl3FN2/c1-7(19-8-4-5-18-11(15)6-8)12-9(14)2-3-10(17)13(12)16/h2-7H,1H3,(H,18,19). The van der Waals surface area contributed by atoms with Crippen LogP contribution in [0, 0.1) is 5.82 Å². The first-order valence-corrected chi connectivity index (χ1v) is 6.64. The Bertz CT molecular complexity index is 604. The Morgan fingerprint density at radius 2 is 1.95 bits per heavy atom. The minimum absolute atomic E-state index is 0.0210. The maximum Gasteiger partial charge on any atom is 0.142 e. The number of hydrogen-bond acceptors (Lipinski definition) is 2. The van der Waals surface area contributed by atoms with E-state index in [1.165, 1.54) is 12.1 Å². The second kappa shape index (κ2) is 5.95. The first kappa shape index (κ1) is 14.4. The summed E-state index contributed by atoms with van der Waals surface area (Å²) in [6.07, 6.45) is 1.58. The van der Waals surface area contributed by atoms with E-state index >= 15 is 0 Å².